The van der Waals surface area contributed by atoms with Crippen molar-refractivity contribution in [1.82, 2.24) is 0 Å². The van der Waals surface area contributed by atoms with Gasteiger partial charge >= 0.3 is 12.1 Å². The number of hydrogen-bond donors (Lipinski definition) is 0. The Morgan fingerprint density at radius 3 is 2.23 bits per heavy atom. The molecule has 0 radical (unpaired) electrons. The largest absolute Gasteiger partial charge is 0.463 e. The number of halogens is 4. The number of benzene rings is 1. The van der Waals surface area contributed by atoms with Crippen LogP contribution in [0.25, 0.3) is 0 Å². The lowest BCUT2D eigenvalue weighted by molar-refractivity contribution is -0.147. The molecule has 1 saturated heterocycles. The lowest BCUT2D eigenvalue weighted by atomic mass is 9.79. The highest BCUT2D eigenvalue weighted by atomic mass is 19.4. The summed E-state index contributed by atoms with van der Waals surface area (Å²) in [7, 11) is 0. The van der Waals surface area contributed by atoms with E-state index in [-0.39, 0.29) is 41.8 Å². The molecule has 1 aromatic rings. The smallest absolute Gasteiger partial charge is 0.419 e. The van der Waals surface area contributed by atoms with Crippen LogP contribution in [0, 0.1) is 5.82 Å². The van der Waals surface area contributed by atoms with Gasteiger partial charge in [-0.3, -0.25) is 4.79 Å². The van der Waals surface area contributed by atoms with Crippen LogP contribution < -0.4 is 0 Å². The summed E-state index contributed by atoms with van der Waals surface area (Å²) >= 11 is 0. The van der Waals surface area contributed by atoms with Gasteiger partial charge in [0.05, 0.1) is 18.3 Å². The van der Waals surface area contributed by atoms with Crippen molar-refractivity contribution in [3.8, 4) is 0 Å². The van der Waals surface area contributed by atoms with Gasteiger partial charge in [-0.05, 0) is 62.0 Å². The van der Waals surface area contributed by atoms with Crippen LogP contribution in [0.1, 0.15) is 93.7 Å². The topological polar surface area (TPSA) is 35.5 Å². The summed E-state index contributed by atoms with van der Waals surface area (Å²) in [6, 6.07) is 2.97. The second kappa shape index (κ2) is 9.67. The molecule has 1 saturated carbocycles. The molecule has 1 aliphatic carbocycles. The maximum absolute atomic E-state index is 15.2. The minimum absolute atomic E-state index is 0.0191. The molecule has 2 fully saturated rings. The predicted molar refractivity (Wildman–Crippen MR) is 105 cm³/mol. The maximum atomic E-state index is 15.2. The minimum Gasteiger partial charge on any atom is -0.463 e. The molecule has 3 rings (SSSR count). The molecular weight excluding hydrogens is 400 g/mol. The highest BCUT2D eigenvalue weighted by molar-refractivity contribution is 5.66. The molecule has 1 heterocycles. The summed E-state index contributed by atoms with van der Waals surface area (Å²) in [4.78, 5) is 11.1. The number of carbonyl (C=O) groups excluding carboxylic acids is 1. The molecule has 0 spiro atoms. The van der Waals surface area contributed by atoms with Crippen molar-refractivity contribution in [3.63, 3.8) is 0 Å². The summed E-state index contributed by atoms with van der Waals surface area (Å²) in [6.07, 6.45) is 0.191. The minimum atomic E-state index is -4.76. The van der Waals surface area contributed by atoms with Crippen LogP contribution in [0.3, 0.4) is 0 Å². The van der Waals surface area contributed by atoms with E-state index in [4.69, 9.17) is 9.47 Å². The first-order chi connectivity index (χ1) is 14.2. The van der Waals surface area contributed by atoms with Crippen molar-refractivity contribution >= 4 is 5.97 Å². The Hall–Kier alpha value is -1.63. The monoisotopic (exact) mass is 430 g/mol. The molecule has 0 amide bonds. The number of carbonyl (C=O) groups is 1. The molecule has 1 aromatic carbocycles. The van der Waals surface area contributed by atoms with Crippen LogP contribution in [0.5, 0.6) is 0 Å². The van der Waals surface area contributed by atoms with Gasteiger partial charge in [0.2, 0.25) is 0 Å². The van der Waals surface area contributed by atoms with Gasteiger partial charge in [-0.25, -0.2) is 4.39 Å². The Labute approximate surface area is 175 Å². The van der Waals surface area contributed by atoms with Crippen molar-refractivity contribution in [2.75, 3.05) is 6.61 Å². The van der Waals surface area contributed by atoms with Crippen molar-refractivity contribution < 1.29 is 31.8 Å². The van der Waals surface area contributed by atoms with Crippen LogP contribution in [0.2, 0.25) is 0 Å². The second-order valence-corrected chi connectivity index (χ2v) is 8.53. The van der Waals surface area contributed by atoms with E-state index >= 15 is 4.39 Å². The Morgan fingerprint density at radius 1 is 1.07 bits per heavy atom. The average Bonchev–Trinajstić information content (AvgIpc) is 2.68. The molecule has 3 nitrogen and oxygen atoms in total. The lowest BCUT2D eigenvalue weighted by Crippen LogP contribution is -2.27. The summed E-state index contributed by atoms with van der Waals surface area (Å²) in [5.41, 5.74) is -1.01. The first kappa shape index (κ1) is 23.0. The molecule has 1 aliphatic heterocycles. The molecule has 0 N–H and O–H groups in total. The zero-order valence-electron chi connectivity index (χ0n) is 17.6. The third kappa shape index (κ3) is 5.34. The van der Waals surface area contributed by atoms with Crippen LogP contribution in [0.15, 0.2) is 12.1 Å². The normalized spacial score (nSPS) is 27.7. The van der Waals surface area contributed by atoms with Crippen LogP contribution in [-0.4, -0.2) is 24.8 Å². The summed E-state index contributed by atoms with van der Waals surface area (Å²) in [5.74, 6) is -2.29. The summed E-state index contributed by atoms with van der Waals surface area (Å²) < 4.78 is 67.8. The SMILES string of the molecule is CCCC1CCC(c2ccc(C3CCC(OC(C)=O)CC3)c(C(F)(F)F)c2F)CO1. The predicted octanol–water partition coefficient (Wildman–Crippen LogP) is 6.50. The molecule has 0 aromatic heterocycles. The lowest BCUT2D eigenvalue weighted by Gasteiger charge is -2.32. The van der Waals surface area contributed by atoms with E-state index in [1.54, 1.807) is 0 Å². The third-order valence-corrected chi connectivity index (χ3v) is 6.35. The molecule has 30 heavy (non-hydrogen) atoms. The summed E-state index contributed by atoms with van der Waals surface area (Å²) in [5, 5.41) is 0. The molecule has 7 heteroatoms. The van der Waals surface area contributed by atoms with Gasteiger partial charge in [-0.1, -0.05) is 25.5 Å². The first-order valence-corrected chi connectivity index (χ1v) is 10.9. The van der Waals surface area contributed by atoms with E-state index < -0.39 is 23.5 Å². The molecule has 2 unspecified atom stereocenters. The van der Waals surface area contributed by atoms with E-state index in [0.29, 0.717) is 32.1 Å². The van der Waals surface area contributed by atoms with Gasteiger partial charge in [0.1, 0.15) is 11.9 Å². The van der Waals surface area contributed by atoms with Crippen molar-refractivity contribution in [2.45, 2.75) is 95.4 Å². The third-order valence-electron chi connectivity index (χ3n) is 6.35. The highest BCUT2D eigenvalue weighted by Gasteiger charge is 2.41. The van der Waals surface area contributed by atoms with E-state index in [0.717, 1.165) is 19.3 Å². The summed E-state index contributed by atoms with van der Waals surface area (Å²) in [6.45, 7) is 3.64. The number of rotatable bonds is 5. The van der Waals surface area contributed by atoms with E-state index in [2.05, 4.69) is 6.92 Å². The molecule has 2 atom stereocenters. The standard InChI is InChI=1S/C23H30F4O3/c1-3-4-17-8-7-16(13-29-17)20-12-11-19(21(22(20)24)23(25,26)27)15-5-9-18(10-6-15)30-14(2)28/h11-12,15-18H,3-10,13H2,1-2H3. The molecular formula is C23H30F4O3. The van der Waals surface area contributed by atoms with Gasteiger partial charge in [-0.15, -0.1) is 0 Å². The van der Waals surface area contributed by atoms with Gasteiger partial charge in [-0.2, -0.15) is 13.2 Å². The zero-order chi connectivity index (χ0) is 21.9. The van der Waals surface area contributed by atoms with E-state index in [1.165, 1.54) is 19.1 Å². The number of ether oxygens (including phenoxy) is 2. The van der Waals surface area contributed by atoms with Gasteiger partial charge in [0.15, 0.2) is 0 Å². The Kier molecular flexibility index (Phi) is 7.43. The fourth-order valence-corrected chi connectivity index (χ4v) is 4.88. The van der Waals surface area contributed by atoms with Crippen LogP contribution in [0.4, 0.5) is 17.6 Å². The molecule has 168 valence electrons. The van der Waals surface area contributed by atoms with Gasteiger partial charge in [0.25, 0.3) is 0 Å². The van der Waals surface area contributed by atoms with Crippen molar-refractivity contribution in [3.05, 3.63) is 34.6 Å². The van der Waals surface area contributed by atoms with E-state index in [1.807, 2.05) is 0 Å². The first-order valence-electron chi connectivity index (χ1n) is 10.9. The second-order valence-electron chi connectivity index (χ2n) is 8.53. The van der Waals surface area contributed by atoms with Crippen LogP contribution in [-0.2, 0) is 20.4 Å². The van der Waals surface area contributed by atoms with Crippen molar-refractivity contribution in [2.24, 2.45) is 0 Å². The number of alkyl halides is 3. The van der Waals surface area contributed by atoms with E-state index in [9.17, 15) is 18.0 Å². The average molecular weight is 430 g/mol. The maximum Gasteiger partial charge on any atom is 0.419 e. The van der Waals surface area contributed by atoms with Crippen LogP contribution >= 0.6 is 0 Å². The van der Waals surface area contributed by atoms with Gasteiger partial charge < -0.3 is 9.47 Å². The quantitative estimate of drug-likeness (QED) is 0.395. The molecule has 0 bridgehead atoms. The van der Waals surface area contributed by atoms with Gasteiger partial charge in [0, 0.05) is 12.8 Å². The Bertz CT molecular complexity index is 731. The number of hydrogen-bond acceptors (Lipinski definition) is 3. The fraction of sp³-hybridized carbons (Fsp3) is 0.696. The highest BCUT2D eigenvalue weighted by Crippen LogP contribution is 2.44. The zero-order valence-corrected chi connectivity index (χ0v) is 17.6. The Morgan fingerprint density at radius 2 is 1.70 bits per heavy atom. The fourth-order valence-electron chi connectivity index (χ4n) is 4.88. The number of esters is 1. The molecule has 2 aliphatic rings. The van der Waals surface area contributed by atoms with Crippen molar-refractivity contribution in [1.29, 1.82) is 0 Å². The Balaban J connectivity index is 1.81.